The lowest BCUT2D eigenvalue weighted by Crippen LogP contribution is -2.13. The van der Waals surface area contributed by atoms with E-state index in [0.717, 1.165) is 33.3 Å². The number of amides is 1. The van der Waals surface area contributed by atoms with Crippen LogP contribution in [0.25, 0.3) is 33.3 Å². The predicted molar refractivity (Wildman–Crippen MR) is 137 cm³/mol. The van der Waals surface area contributed by atoms with Gasteiger partial charge in [0.2, 0.25) is 17.7 Å². The third-order valence-corrected chi connectivity index (χ3v) is 5.25. The molecule has 180 valence electrons. The number of carbonyl (C=O) groups is 1. The van der Waals surface area contributed by atoms with E-state index >= 15 is 0 Å². The molecule has 2 N–H and O–H groups in total. The quantitative estimate of drug-likeness (QED) is 0.353. The van der Waals surface area contributed by atoms with Crippen LogP contribution in [0.15, 0.2) is 61.2 Å². The van der Waals surface area contributed by atoms with Crippen molar-refractivity contribution < 1.29 is 14.3 Å². The van der Waals surface area contributed by atoms with Crippen LogP contribution in [-0.4, -0.2) is 65.1 Å². The minimum Gasteiger partial charge on any atom is -0.481 e. The number of rotatable bonds is 9. The molecule has 0 fully saturated rings. The van der Waals surface area contributed by atoms with E-state index in [1.54, 1.807) is 31.8 Å². The third-order valence-electron chi connectivity index (χ3n) is 5.25. The lowest BCUT2D eigenvalue weighted by molar-refractivity contribution is -0.111. The zero-order chi connectivity index (χ0) is 24.8. The van der Waals surface area contributed by atoms with E-state index in [2.05, 4.69) is 25.3 Å². The summed E-state index contributed by atoms with van der Waals surface area (Å²) < 4.78 is 10.9. The Morgan fingerprint density at radius 2 is 1.91 bits per heavy atom. The van der Waals surface area contributed by atoms with Gasteiger partial charge in [-0.3, -0.25) is 4.79 Å². The smallest absolute Gasteiger partial charge is 0.248 e. The molecule has 9 nitrogen and oxygen atoms in total. The van der Waals surface area contributed by atoms with Crippen molar-refractivity contribution >= 4 is 22.6 Å². The monoisotopic (exact) mass is 472 g/mol. The molecule has 0 saturated carbocycles. The van der Waals surface area contributed by atoms with E-state index in [4.69, 9.17) is 9.47 Å². The maximum Gasteiger partial charge on any atom is 0.248 e. The van der Waals surface area contributed by atoms with Crippen LogP contribution in [0.3, 0.4) is 0 Å². The van der Waals surface area contributed by atoms with E-state index in [1.807, 2.05) is 56.4 Å². The minimum absolute atomic E-state index is 0.250. The van der Waals surface area contributed by atoms with Gasteiger partial charge >= 0.3 is 0 Å². The SMILES string of the molecule is CCOc1ncc(-c2cnc3[nH]cc(-c4ccnc(OC)c4)c3c2)cc1NC(=O)/C=C/CN(C)C. The Balaban J connectivity index is 1.69. The molecule has 0 radical (unpaired) electrons. The van der Waals surface area contributed by atoms with Gasteiger partial charge in [0.15, 0.2) is 0 Å². The van der Waals surface area contributed by atoms with Crippen LogP contribution in [0.5, 0.6) is 11.8 Å². The van der Waals surface area contributed by atoms with Crippen molar-refractivity contribution in [3.63, 3.8) is 0 Å². The zero-order valence-electron chi connectivity index (χ0n) is 20.2. The molecule has 9 heteroatoms. The molecule has 0 aromatic carbocycles. The second-order valence-corrected chi connectivity index (χ2v) is 8.07. The molecule has 4 rings (SSSR count). The first-order chi connectivity index (χ1) is 17.0. The van der Waals surface area contributed by atoms with Gasteiger partial charge in [0, 0.05) is 65.6 Å². The Morgan fingerprint density at radius 1 is 1.11 bits per heavy atom. The maximum atomic E-state index is 12.5. The van der Waals surface area contributed by atoms with Crippen LogP contribution >= 0.6 is 0 Å². The van der Waals surface area contributed by atoms with Gasteiger partial charge in [-0.05, 0) is 44.8 Å². The summed E-state index contributed by atoms with van der Waals surface area (Å²) in [7, 11) is 5.47. The van der Waals surface area contributed by atoms with Crippen molar-refractivity contribution in [2.24, 2.45) is 0 Å². The third kappa shape index (κ3) is 5.64. The summed E-state index contributed by atoms with van der Waals surface area (Å²) >= 11 is 0. The van der Waals surface area contributed by atoms with Crippen LogP contribution in [0.1, 0.15) is 6.92 Å². The van der Waals surface area contributed by atoms with Crippen LogP contribution in [0, 0.1) is 0 Å². The Bertz CT molecular complexity index is 1360. The van der Waals surface area contributed by atoms with E-state index in [9.17, 15) is 4.79 Å². The normalized spacial score (nSPS) is 11.3. The first-order valence-corrected chi connectivity index (χ1v) is 11.2. The Kier molecular flexibility index (Phi) is 7.37. The van der Waals surface area contributed by atoms with Crippen LogP contribution in [0.4, 0.5) is 5.69 Å². The topological polar surface area (TPSA) is 105 Å². The van der Waals surface area contributed by atoms with Gasteiger partial charge < -0.3 is 24.7 Å². The number of methoxy groups -OCH3 is 1. The van der Waals surface area contributed by atoms with Crippen molar-refractivity contribution in [3.05, 3.63) is 61.2 Å². The molecule has 0 atom stereocenters. The molecule has 0 aliphatic heterocycles. The summed E-state index contributed by atoms with van der Waals surface area (Å²) in [5.74, 6) is 0.655. The van der Waals surface area contributed by atoms with Gasteiger partial charge in [-0.2, -0.15) is 0 Å². The average Bonchev–Trinajstić information content (AvgIpc) is 3.28. The van der Waals surface area contributed by atoms with Gasteiger partial charge in [-0.1, -0.05) is 6.08 Å². The average molecular weight is 473 g/mol. The molecule has 4 aromatic heterocycles. The summed E-state index contributed by atoms with van der Waals surface area (Å²) in [6.07, 6.45) is 10.4. The van der Waals surface area contributed by atoms with Crippen molar-refractivity contribution in [2.75, 3.05) is 39.7 Å². The molecular weight excluding hydrogens is 444 g/mol. The van der Waals surface area contributed by atoms with Crippen molar-refractivity contribution in [1.82, 2.24) is 24.8 Å². The number of nitrogens with one attached hydrogen (secondary N) is 2. The van der Waals surface area contributed by atoms with E-state index in [0.29, 0.717) is 30.6 Å². The number of ether oxygens (including phenoxy) is 2. The standard InChI is InChI=1S/C26H28N6O3/c1-5-35-26-22(31-23(33)7-6-10-32(2)3)12-19(15-30-26)18-11-20-21(16-29-25(20)28-14-18)17-8-9-27-24(13-17)34-4/h6-9,11-16H,5,10H2,1-4H3,(H,28,29)(H,31,33)/b7-6+. The van der Waals surface area contributed by atoms with Gasteiger partial charge in [-0.25, -0.2) is 15.0 Å². The van der Waals surface area contributed by atoms with Crippen molar-refractivity contribution in [3.8, 4) is 34.0 Å². The first-order valence-electron chi connectivity index (χ1n) is 11.2. The zero-order valence-corrected chi connectivity index (χ0v) is 20.2. The summed E-state index contributed by atoms with van der Waals surface area (Å²) in [5.41, 5.74) is 4.86. The molecule has 4 aromatic rings. The molecule has 35 heavy (non-hydrogen) atoms. The molecule has 0 bridgehead atoms. The fourth-order valence-corrected chi connectivity index (χ4v) is 3.59. The molecule has 0 aliphatic rings. The lowest BCUT2D eigenvalue weighted by Gasteiger charge is -2.12. The molecule has 0 unspecified atom stereocenters. The Hall–Kier alpha value is -4.24. The Labute approximate surface area is 203 Å². The number of hydrogen-bond acceptors (Lipinski definition) is 7. The highest BCUT2D eigenvalue weighted by Gasteiger charge is 2.14. The molecule has 0 spiro atoms. The first kappa shape index (κ1) is 23.9. The summed E-state index contributed by atoms with van der Waals surface area (Å²) in [6, 6.07) is 7.69. The van der Waals surface area contributed by atoms with Crippen molar-refractivity contribution in [2.45, 2.75) is 6.92 Å². The van der Waals surface area contributed by atoms with Crippen LogP contribution < -0.4 is 14.8 Å². The Morgan fingerprint density at radius 3 is 2.69 bits per heavy atom. The summed E-state index contributed by atoms with van der Waals surface area (Å²) in [4.78, 5) is 30.9. The molecule has 0 aliphatic carbocycles. The molecule has 0 saturated heterocycles. The summed E-state index contributed by atoms with van der Waals surface area (Å²) in [6.45, 7) is 2.97. The van der Waals surface area contributed by atoms with Crippen molar-refractivity contribution in [1.29, 1.82) is 0 Å². The molecule has 1 amide bonds. The van der Waals surface area contributed by atoms with Gasteiger partial charge in [0.25, 0.3) is 0 Å². The highest BCUT2D eigenvalue weighted by atomic mass is 16.5. The number of aromatic nitrogens is 4. The summed E-state index contributed by atoms with van der Waals surface area (Å²) in [5, 5.41) is 3.83. The number of carbonyl (C=O) groups excluding carboxylic acids is 1. The fourth-order valence-electron chi connectivity index (χ4n) is 3.59. The molecular formula is C26H28N6O3. The largest absolute Gasteiger partial charge is 0.481 e. The van der Waals surface area contributed by atoms with Gasteiger partial charge in [0.05, 0.1) is 13.7 Å². The fraction of sp³-hybridized carbons (Fsp3) is 0.231. The number of fused-ring (bicyclic) bond motifs is 1. The lowest BCUT2D eigenvalue weighted by atomic mass is 10.0. The van der Waals surface area contributed by atoms with Gasteiger partial charge in [0.1, 0.15) is 11.3 Å². The highest BCUT2D eigenvalue weighted by molar-refractivity contribution is 6.01. The maximum absolute atomic E-state index is 12.5. The number of hydrogen-bond donors (Lipinski definition) is 2. The minimum atomic E-state index is -0.250. The predicted octanol–water partition coefficient (Wildman–Crippen LogP) is 4.15. The van der Waals surface area contributed by atoms with E-state index in [1.165, 1.54) is 6.08 Å². The molecule has 4 heterocycles. The number of pyridine rings is 3. The van der Waals surface area contributed by atoms with E-state index < -0.39 is 0 Å². The van der Waals surface area contributed by atoms with Crippen LogP contribution in [0.2, 0.25) is 0 Å². The van der Waals surface area contributed by atoms with E-state index in [-0.39, 0.29) is 5.91 Å². The van der Waals surface area contributed by atoms with Crippen LogP contribution in [-0.2, 0) is 4.79 Å². The second-order valence-electron chi connectivity index (χ2n) is 8.07. The number of likely N-dealkylation sites (N-methyl/N-ethyl adjacent to an activating group) is 1. The number of H-pyrrole nitrogens is 1. The number of nitrogens with zero attached hydrogens (tertiary/aromatic N) is 4. The highest BCUT2D eigenvalue weighted by Crippen LogP contribution is 2.33. The number of aromatic amines is 1. The van der Waals surface area contributed by atoms with Gasteiger partial charge in [-0.15, -0.1) is 0 Å². The second kappa shape index (κ2) is 10.8. The number of anilines is 1.